The number of hydrogen-bond donors (Lipinski definition) is 1. The van der Waals surface area contributed by atoms with Crippen LogP contribution in [0.2, 0.25) is 0 Å². The second-order valence-electron chi connectivity index (χ2n) is 3.91. The van der Waals surface area contributed by atoms with Gasteiger partial charge in [0, 0.05) is 16.0 Å². The third-order valence-electron chi connectivity index (χ3n) is 2.47. The van der Waals surface area contributed by atoms with E-state index < -0.39 is 5.44 Å². The summed E-state index contributed by atoms with van der Waals surface area (Å²) >= 11 is 1.28. The average molecular weight is 258 g/mol. The Labute approximate surface area is 111 Å². The van der Waals surface area contributed by atoms with Crippen LogP contribution in [0.15, 0.2) is 59.5 Å². The van der Waals surface area contributed by atoms with E-state index in [4.69, 9.17) is 0 Å². The van der Waals surface area contributed by atoms with Crippen molar-refractivity contribution in [3.8, 4) is 0 Å². The zero-order valence-electron chi connectivity index (χ0n) is 10.0. The van der Waals surface area contributed by atoms with E-state index >= 15 is 0 Å². The molecule has 0 saturated carbocycles. The summed E-state index contributed by atoms with van der Waals surface area (Å²) in [5.74, 6) is -0.0145. The van der Waals surface area contributed by atoms with Crippen LogP contribution in [0, 0.1) is 0 Å². The van der Waals surface area contributed by atoms with Crippen LogP contribution >= 0.6 is 11.8 Å². The van der Waals surface area contributed by atoms with Gasteiger partial charge >= 0.3 is 0 Å². The second kappa shape index (κ2) is 5.85. The van der Waals surface area contributed by atoms with E-state index in [1.54, 1.807) is 25.1 Å². The quantitative estimate of drug-likeness (QED) is 0.519. The van der Waals surface area contributed by atoms with Gasteiger partial charge in [-0.25, -0.2) is 0 Å². The SMILES string of the molecule is CC(O)Sc1ccccc1C(=O)c1ccccc1. The maximum absolute atomic E-state index is 12.4. The summed E-state index contributed by atoms with van der Waals surface area (Å²) in [5.41, 5.74) is 0.764. The van der Waals surface area contributed by atoms with E-state index in [0.717, 1.165) is 4.90 Å². The molecule has 2 aromatic carbocycles. The predicted molar refractivity (Wildman–Crippen MR) is 73.9 cm³/mol. The van der Waals surface area contributed by atoms with E-state index in [9.17, 15) is 9.90 Å². The number of aliphatic hydroxyl groups is 1. The molecule has 18 heavy (non-hydrogen) atoms. The Bertz CT molecular complexity index is 535. The van der Waals surface area contributed by atoms with Crippen molar-refractivity contribution >= 4 is 17.5 Å². The van der Waals surface area contributed by atoms with Crippen LogP contribution < -0.4 is 0 Å². The lowest BCUT2D eigenvalue weighted by molar-refractivity contribution is 0.103. The number of carbonyl (C=O) groups excluding carboxylic acids is 1. The molecule has 0 fully saturated rings. The van der Waals surface area contributed by atoms with E-state index in [1.807, 2.05) is 36.4 Å². The number of aliphatic hydroxyl groups excluding tert-OH is 1. The van der Waals surface area contributed by atoms with E-state index in [2.05, 4.69) is 0 Å². The van der Waals surface area contributed by atoms with Crippen molar-refractivity contribution in [2.24, 2.45) is 0 Å². The molecular weight excluding hydrogens is 244 g/mol. The number of rotatable bonds is 4. The number of ketones is 1. The van der Waals surface area contributed by atoms with Gasteiger partial charge in [-0.05, 0) is 19.1 Å². The summed E-state index contributed by atoms with van der Waals surface area (Å²) in [6.45, 7) is 1.69. The van der Waals surface area contributed by atoms with Crippen molar-refractivity contribution in [2.45, 2.75) is 17.3 Å². The Kier molecular flexibility index (Phi) is 4.18. The molecule has 2 aromatic rings. The molecule has 2 nitrogen and oxygen atoms in total. The Balaban J connectivity index is 2.36. The first-order valence-corrected chi connectivity index (χ1v) is 6.60. The van der Waals surface area contributed by atoms with Gasteiger partial charge in [0.05, 0.1) is 0 Å². The molecule has 92 valence electrons. The van der Waals surface area contributed by atoms with Crippen LogP contribution in [0.5, 0.6) is 0 Å². The second-order valence-corrected chi connectivity index (χ2v) is 5.27. The summed E-state index contributed by atoms with van der Waals surface area (Å²) in [6.07, 6.45) is 0. The Morgan fingerprint density at radius 2 is 1.67 bits per heavy atom. The van der Waals surface area contributed by atoms with Crippen LogP contribution in [-0.4, -0.2) is 16.3 Å². The van der Waals surface area contributed by atoms with Crippen molar-refractivity contribution in [2.75, 3.05) is 0 Å². The van der Waals surface area contributed by atoms with Gasteiger partial charge in [0.2, 0.25) is 0 Å². The van der Waals surface area contributed by atoms with Gasteiger partial charge in [-0.2, -0.15) is 0 Å². The molecule has 1 N–H and O–H groups in total. The van der Waals surface area contributed by atoms with Crippen molar-refractivity contribution in [3.63, 3.8) is 0 Å². The van der Waals surface area contributed by atoms with Crippen LogP contribution in [0.4, 0.5) is 0 Å². The number of benzene rings is 2. The highest BCUT2D eigenvalue weighted by Gasteiger charge is 2.14. The molecule has 0 bridgehead atoms. The summed E-state index contributed by atoms with van der Waals surface area (Å²) in [4.78, 5) is 13.2. The monoisotopic (exact) mass is 258 g/mol. The number of hydrogen-bond acceptors (Lipinski definition) is 3. The standard InChI is InChI=1S/C15H14O2S/c1-11(16)18-14-10-6-5-9-13(14)15(17)12-7-3-2-4-8-12/h2-11,16H,1H3. The van der Waals surface area contributed by atoms with Crippen LogP contribution in [0.1, 0.15) is 22.8 Å². The van der Waals surface area contributed by atoms with E-state index in [-0.39, 0.29) is 5.78 Å². The first-order chi connectivity index (χ1) is 8.68. The maximum Gasteiger partial charge on any atom is 0.194 e. The molecule has 1 unspecified atom stereocenters. The fourth-order valence-electron chi connectivity index (χ4n) is 1.69. The number of carbonyl (C=O) groups is 1. The highest BCUT2D eigenvalue weighted by Crippen LogP contribution is 2.27. The van der Waals surface area contributed by atoms with Crippen LogP contribution in [0.25, 0.3) is 0 Å². The third-order valence-corrected chi connectivity index (χ3v) is 3.42. The molecule has 0 aromatic heterocycles. The first kappa shape index (κ1) is 12.9. The third kappa shape index (κ3) is 3.00. The Morgan fingerprint density at radius 1 is 1.06 bits per heavy atom. The first-order valence-electron chi connectivity index (χ1n) is 5.72. The van der Waals surface area contributed by atoms with Gasteiger partial charge in [-0.15, -0.1) is 0 Å². The van der Waals surface area contributed by atoms with Gasteiger partial charge in [0.25, 0.3) is 0 Å². The van der Waals surface area contributed by atoms with Crippen molar-refractivity contribution in [1.29, 1.82) is 0 Å². The lowest BCUT2D eigenvalue weighted by atomic mass is 10.0. The van der Waals surface area contributed by atoms with E-state index in [1.165, 1.54) is 11.8 Å². The van der Waals surface area contributed by atoms with Crippen LogP contribution in [-0.2, 0) is 0 Å². The highest BCUT2D eigenvalue weighted by molar-refractivity contribution is 7.99. The molecule has 1 atom stereocenters. The summed E-state index contributed by atoms with van der Waals surface area (Å²) in [6, 6.07) is 16.5. The van der Waals surface area contributed by atoms with Crippen molar-refractivity contribution in [3.05, 3.63) is 65.7 Å². The summed E-state index contributed by atoms with van der Waals surface area (Å²) in [7, 11) is 0. The number of thioether (sulfide) groups is 1. The van der Waals surface area contributed by atoms with Gasteiger partial charge in [0.15, 0.2) is 5.78 Å². The normalized spacial score (nSPS) is 12.1. The Morgan fingerprint density at radius 3 is 2.33 bits per heavy atom. The molecule has 0 spiro atoms. The lowest BCUT2D eigenvalue weighted by Crippen LogP contribution is -2.04. The van der Waals surface area contributed by atoms with E-state index in [0.29, 0.717) is 11.1 Å². The lowest BCUT2D eigenvalue weighted by Gasteiger charge is -2.09. The summed E-state index contributed by atoms with van der Waals surface area (Å²) in [5, 5.41) is 9.43. The fourth-order valence-corrected chi connectivity index (χ4v) is 2.50. The molecule has 0 saturated heterocycles. The van der Waals surface area contributed by atoms with Gasteiger partial charge < -0.3 is 5.11 Å². The van der Waals surface area contributed by atoms with Crippen LogP contribution in [0.3, 0.4) is 0 Å². The fraction of sp³-hybridized carbons (Fsp3) is 0.133. The minimum Gasteiger partial charge on any atom is -0.382 e. The maximum atomic E-state index is 12.4. The molecule has 0 radical (unpaired) electrons. The molecule has 0 aliphatic rings. The topological polar surface area (TPSA) is 37.3 Å². The molecule has 0 aliphatic carbocycles. The average Bonchev–Trinajstić information content (AvgIpc) is 2.39. The molecule has 0 amide bonds. The van der Waals surface area contributed by atoms with Gasteiger partial charge in [-0.1, -0.05) is 54.2 Å². The zero-order chi connectivity index (χ0) is 13.0. The largest absolute Gasteiger partial charge is 0.382 e. The molecule has 2 rings (SSSR count). The molecule has 0 heterocycles. The smallest absolute Gasteiger partial charge is 0.194 e. The zero-order valence-corrected chi connectivity index (χ0v) is 10.9. The predicted octanol–water partition coefficient (Wildman–Crippen LogP) is 3.35. The minimum absolute atomic E-state index is 0.0145. The van der Waals surface area contributed by atoms with Gasteiger partial charge in [-0.3, -0.25) is 4.79 Å². The van der Waals surface area contributed by atoms with Crippen molar-refractivity contribution in [1.82, 2.24) is 0 Å². The molecule has 3 heteroatoms. The van der Waals surface area contributed by atoms with Gasteiger partial charge in [0.1, 0.15) is 5.44 Å². The van der Waals surface area contributed by atoms with Crippen molar-refractivity contribution < 1.29 is 9.90 Å². The highest BCUT2D eigenvalue weighted by atomic mass is 32.2. The minimum atomic E-state index is -0.533. The molecular formula is C15H14O2S. The summed E-state index contributed by atoms with van der Waals surface area (Å²) < 4.78 is 0. The Hall–Kier alpha value is -1.58. The molecule has 0 aliphatic heterocycles.